The number of hydrogen-bond acceptors (Lipinski definition) is 0. The van der Waals surface area contributed by atoms with Crippen LogP contribution in [0.3, 0.4) is 0 Å². The summed E-state index contributed by atoms with van der Waals surface area (Å²) in [5.41, 5.74) is 3.00. The van der Waals surface area contributed by atoms with Gasteiger partial charge in [-0.2, -0.15) is 0 Å². The van der Waals surface area contributed by atoms with Crippen molar-refractivity contribution in [3.8, 4) is 0 Å². The minimum absolute atomic E-state index is 0.770. The first-order chi connectivity index (χ1) is 6.38. The lowest BCUT2D eigenvalue weighted by Gasteiger charge is -2.19. The zero-order valence-electron chi connectivity index (χ0n) is 8.16. The van der Waals surface area contributed by atoms with E-state index in [9.17, 15) is 0 Å². The highest BCUT2D eigenvalue weighted by Crippen LogP contribution is 2.30. The van der Waals surface area contributed by atoms with Crippen molar-refractivity contribution >= 4 is 0 Å². The lowest BCUT2D eigenvalue weighted by atomic mass is 9.86. The molecule has 68 valence electrons. The largest absolute Gasteiger partial charge is 0.0885 e. The van der Waals surface area contributed by atoms with Crippen LogP contribution < -0.4 is 0 Å². The summed E-state index contributed by atoms with van der Waals surface area (Å²) in [7, 11) is 0. The van der Waals surface area contributed by atoms with Crippen molar-refractivity contribution in [3.63, 3.8) is 0 Å². The predicted octanol–water partition coefficient (Wildman–Crippen LogP) is 3.82. The molecule has 0 amide bonds. The second-order valence-electron chi connectivity index (χ2n) is 3.84. The SMILES string of the molecule is Cc1ccccc1[C@@H]1CC=CCC1. The van der Waals surface area contributed by atoms with Crippen LogP contribution in [0, 0.1) is 6.92 Å². The topological polar surface area (TPSA) is 0 Å². The smallest absolute Gasteiger partial charge is 0.0122 e. The Labute approximate surface area is 80.3 Å². The summed E-state index contributed by atoms with van der Waals surface area (Å²) in [4.78, 5) is 0. The fourth-order valence-electron chi connectivity index (χ4n) is 2.12. The van der Waals surface area contributed by atoms with Crippen LogP contribution in [0.15, 0.2) is 36.4 Å². The third-order valence-electron chi connectivity index (χ3n) is 2.90. The van der Waals surface area contributed by atoms with Crippen molar-refractivity contribution in [2.45, 2.75) is 32.1 Å². The molecule has 0 fully saturated rings. The van der Waals surface area contributed by atoms with Crippen LogP contribution in [-0.4, -0.2) is 0 Å². The lowest BCUT2D eigenvalue weighted by Crippen LogP contribution is -2.02. The maximum absolute atomic E-state index is 2.32. The highest BCUT2D eigenvalue weighted by Gasteiger charge is 2.13. The summed E-state index contributed by atoms with van der Waals surface area (Å²) in [6.45, 7) is 2.22. The summed E-state index contributed by atoms with van der Waals surface area (Å²) in [5, 5.41) is 0. The van der Waals surface area contributed by atoms with E-state index in [1.54, 1.807) is 5.56 Å². The van der Waals surface area contributed by atoms with Crippen LogP contribution >= 0.6 is 0 Å². The third kappa shape index (κ3) is 1.82. The van der Waals surface area contributed by atoms with Gasteiger partial charge in [0.15, 0.2) is 0 Å². The summed E-state index contributed by atoms with van der Waals surface area (Å²) in [5.74, 6) is 0.770. The summed E-state index contributed by atoms with van der Waals surface area (Å²) in [6.07, 6.45) is 8.42. The van der Waals surface area contributed by atoms with Gasteiger partial charge in [0.05, 0.1) is 0 Å². The van der Waals surface area contributed by atoms with Gasteiger partial charge in [-0.05, 0) is 43.2 Å². The average molecular weight is 172 g/mol. The van der Waals surface area contributed by atoms with Crippen molar-refractivity contribution < 1.29 is 0 Å². The maximum Gasteiger partial charge on any atom is -0.0122 e. The molecule has 1 aliphatic carbocycles. The quantitative estimate of drug-likeness (QED) is 0.565. The molecule has 0 bridgehead atoms. The summed E-state index contributed by atoms with van der Waals surface area (Å²) >= 11 is 0. The molecule has 0 heteroatoms. The van der Waals surface area contributed by atoms with Gasteiger partial charge in [0, 0.05) is 0 Å². The molecule has 0 saturated carbocycles. The molecule has 0 aromatic heterocycles. The number of aryl methyl sites for hydroxylation is 1. The van der Waals surface area contributed by atoms with Crippen LogP contribution in [0.4, 0.5) is 0 Å². The Morgan fingerprint density at radius 3 is 2.69 bits per heavy atom. The van der Waals surface area contributed by atoms with Gasteiger partial charge in [-0.3, -0.25) is 0 Å². The van der Waals surface area contributed by atoms with Gasteiger partial charge in [0.1, 0.15) is 0 Å². The van der Waals surface area contributed by atoms with Crippen LogP contribution in [0.25, 0.3) is 0 Å². The molecule has 2 rings (SSSR count). The number of rotatable bonds is 1. The molecule has 1 atom stereocenters. The van der Waals surface area contributed by atoms with E-state index in [-0.39, 0.29) is 0 Å². The molecule has 0 nitrogen and oxygen atoms in total. The fraction of sp³-hybridized carbons (Fsp3) is 0.385. The van der Waals surface area contributed by atoms with Crippen molar-refractivity contribution in [1.82, 2.24) is 0 Å². The standard InChI is InChI=1S/C13H16/c1-11-7-5-6-10-13(11)12-8-3-2-4-9-12/h2-3,5-7,10,12H,4,8-9H2,1H3/t12-/m1/s1. The van der Waals surface area contributed by atoms with Crippen LogP contribution in [0.2, 0.25) is 0 Å². The Morgan fingerprint density at radius 1 is 1.15 bits per heavy atom. The first-order valence-electron chi connectivity index (χ1n) is 5.08. The van der Waals surface area contributed by atoms with E-state index in [1.165, 1.54) is 24.8 Å². The van der Waals surface area contributed by atoms with Crippen LogP contribution in [-0.2, 0) is 0 Å². The van der Waals surface area contributed by atoms with Gasteiger partial charge >= 0.3 is 0 Å². The molecule has 0 N–H and O–H groups in total. The summed E-state index contributed by atoms with van der Waals surface area (Å²) in [6, 6.07) is 8.77. The highest BCUT2D eigenvalue weighted by molar-refractivity contribution is 5.30. The minimum Gasteiger partial charge on any atom is -0.0885 e. The fourth-order valence-corrected chi connectivity index (χ4v) is 2.12. The predicted molar refractivity (Wildman–Crippen MR) is 56.9 cm³/mol. The Bertz CT molecular complexity index is 310. The molecular weight excluding hydrogens is 156 g/mol. The average Bonchev–Trinajstić information content (AvgIpc) is 2.20. The molecule has 0 unspecified atom stereocenters. The first kappa shape index (κ1) is 8.55. The molecule has 0 heterocycles. The lowest BCUT2D eigenvalue weighted by molar-refractivity contribution is 0.614. The zero-order valence-corrected chi connectivity index (χ0v) is 8.16. The number of benzene rings is 1. The Morgan fingerprint density at radius 2 is 2.00 bits per heavy atom. The normalized spacial score (nSPS) is 21.8. The Kier molecular flexibility index (Phi) is 2.49. The van der Waals surface area contributed by atoms with Gasteiger partial charge in [-0.25, -0.2) is 0 Å². The van der Waals surface area contributed by atoms with Gasteiger partial charge in [-0.15, -0.1) is 0 Å². The van der Waals surface area contributed by atoms with Crippen molar-refractivity contribution in [1.29, 1.82) is 0 Å². The van der Waals surface area contributed by atoms with Crippen LogP contribution in [0.5, 0.6) is 0 Å². The first-order valence-corrected chi connectivity index (χ1v) is 5.08. The molecule has 1 aromatic rings. The van der Waals surface area contributed by atoms with Crippen LogP contribution in [0.1, 0.15) is 36.3 Å². The molecule has 0 spiro atoms. The van der Waals surface area contributed by atoms with E-state index < -0.39 is 0 Å². The monoisotopic (exact) mass is 172 g/mol. The van der Waals surface area contributed by atoms with E-state index >= 15 is 0 Å². The number of allylic oxidation sites excluding steroid dienone is 2. The molecular formula is C13H16. The molecule has 0 radical (unpaired) electrons. The number of hydrogen-bond donors (Lipinski definition) is 0. The minimum atomic E-state index is 0.770. The Hall–Kier alpha value is -1.04. The highest BCUT2D eigenvalue weighted by atomic mass is 14.2. The second-order valence-corrected chi connectivity index (χ2v) is 3.84. The van der Waals surface area contributed by atoms with Gasteiger partial charge < -0.3 is 0 Å². The van der Waals surface area contributed by atoms with E-state index in [1.807, 2.05) is 0 Å². The van der Waals surface area contributed by atoms with Gasteiger partial charge in [0.25, 0.3) is 0 Å². The van der Waals surface area contributed by atoms with E-state index in [0.717, 1.165) is 5.92 Å². The Balaban J connectivity index is 2.24. The second kappa shape index (κ2) is 3.78. The molecule has 1 aromatic carbocycles. The van der Waals surface area contributed by atoms with E-state index in [2.05, 4.69) is 43.3 Å². The molecule has 1 aliphatic rings. The van der Waals surface area contributed by atoms with Gasteiger partial charge in [-0.1, -0.05) is 36.4 Å². The third-order valence-corrected chi connectivity index (χ3v) is 2.90. The van der Waals surface area contributed by atoms with Crippen molar-refractivity contribution in [2.75, 3.05) is 0 Å². The van der Waals surface area contributed by atoms with E-state index in [0.29, 0.717) is 0 Å². The molecule has 13 heavy (non-hydrogen) atoms. The van der Waals surface area contributed by atoms with Gasteiger partial charge in [0.2, 0.25) is 0 Å². The van der Waals surface area contributed by atoms with E-state index in [4.69, 9.17) is 0 Å². The zero-order chi connectivity index (χ0) is 9.10. The van der Waals surface area contributed by atoms with Crippen molar-refractivity contribution in [3.05, 3.63) is 47.5 Å². The molecule has 0 saturated heterocycles. The molecule has 0 aliphatic heterocycles. The maximum atomic E-state index is 2.32. The van der Waals surface area contributed by atoms with Crippen molar-refractivity contribution in [2.24, 2.45) is 0 Å². The summed E-state index contributed by atoms with van der Waals surface area (Å²) < 4.78 is 0.